The Hall–Kier alpha value is -2.90. The summed E-state index contributed by atoms with van der Waals surface area (Å²) in [6.45, 7) is 7.43. The summed E-state index contributed by atoms with van der Waals surface area (Å²) in [7, 11) is -3.82. The summed E-state index contributed by atoms with van der Waals surface area (Å²) in [5, 5.41) is 4.92. The SMILES string of the molecule is Cc1cc(C)n2ncc(-c3ccc(C)c(S(=O)(=O)Nc4cccc(Cl)c4C)c3)c2n1. The van der Waals surface area contributed by atoms with Crippen molar-refractivity contribution >= 4 is 33.0 Å². The van der Waals surface area contributed by atoms with Gasteiger partial charge in [0.25, 0.3) is 10.0 Å². The lowest BCUT2D eigenvalue weighted by atomic mass is 10.1. The van der Waals surface area contributed by atoms with Gasteiger partial charge in [0.1, 0.15) is 0 Å². The quantitative estimate of drug-likeness (QED) is 0.479. The normalized spacial score (nSPS) is 11.8. The first-order chi connectivity index (χ1) is 14.2. The number of nitrogens with zero attached hydrogens (tertiary/aromatic N) is 3. The molecule has 0 saturated carbocycles. The summed E-state index contributed by atoms with van der Waals surface area (Å²) in [6.07, 6.45) is 1.71. The second-order valence-electron chi connectivity index (χ2n) is 7.33. The van der Waals surface area contributed by atoms with Gasteiger partial charge in [0, 0.05) is 22.0 Å². The van der Waals surface area contributed by atoms with Crippen LogP contribution in [0.3, 0.4) is 0 Å². The number of hydrogen-bond acceptors (Lipinski definition) is 4. The first kappa shape index (κ1) is 20.4. The van der Waals surface area contributed by atoms with Crippen LogP contribution in [0.1, 0.15) is 22.5 Å². The zero-order valence-electron chi connectivity index (χ0n) is 17.1. The fourth-order valence-electron chi connectivity index (χ4n) is 3.45. The lowest BCUT2D eigenvalue weighted by Crippen LogP contribution is -2.15. The molecule has 0 atom stereocenters. The van der Waals surface area contributed by atoms with Crippen LogP contribution >= 0.6 is 11.6 Å². The van der Waals surface area contributed by atoms with E-state index in [1.54, 1.807) is 54.9 Å². The number of nitrogens with one attached hydrogen (secondary N) is 1. The Morgan fingerprint density at radius 2 is 1.80 bits per heavy atom. The fourth-order valence-corrected chi connectivity index (χ4v) is 5.02. The van der Waals surface area contributed by atoms with Crippen LogP contribution in [0.4, 0.5) is 5.69 Å². The average molecular weight is 441 g/mol. The summed E-state index contributed by atoms with van der Waals surface area (Å²) in [5.41, 5.74) is 5.81. The lowest BCUT2D eigenvalue weighted by Gasteiger charge is -2.14. The molecule has 0 spiro atoms. The Kier molecular flexibility index (Phi) is 5.03. The highest BCUT2D eigenvalue weighted by molar-refractivity contribution is 7.92. The second kappa shape index (κ2) is 7.41. The first-order valence-electron chi connectivity index (χ1n) is 9.38. The molecule has 0 aliphatic rings. The molecule has 30 heavy (non-hydrogen) atoms. The Labute approximate surface area is 180 Å². The van der Waals surface area contributed by atoms with Gasteiger partial charge in [-0.25, -0.2) is 17.9 Å². The third-order valence-electron chi connectivity index (χ3n) is 5.08. The highest BCUT2D eigenvalue weighted by Gasteiger charge is 2.20. The minimum atomic E-state index is -3.82. The molecule has 0 saturated heterocycles. The maximum atomic E-state index is 13.2. The van der Waals surface area contributed by atoms with Crippen LogP contribution < -0.4 is 4.72 Å². The predicted molar refractivity (Wildman–Crippen MR) is 120 cm³/mol. The van der Waals surface area contributed by atoms with Crippen molar-refractivity contribution in [3.05, 3.63) is 76.2 Å². The van der Waals surface area contributed by atoms with Crippen molar-refractivity contribution in [3.8, 4) is 11.1 Å². The van der Waals surface area contributed by atoms with E-state index in [0.717, 1.165) is 22.5 Å². The molecule has 2 aromatic heterocycles. The van der Waals surface area contributed by atoms with Gasteiger partial charge in [0.15, 0.2) is 5.65 Å². The van der Waals surface area contributed by atoms with Crippen molar-refractivity contribution in [1.82, 2.24) is 14.6 Å². The molecule has 4 aromatic rings. The molecule has 0 bridgehead atoms. The molecule has 2 heterocycles. The van der Waals surface area contributed by atoms with E-state index in [1.165, 1.54) is 0 Å². The molecule has 0 aliphatic carbocycles. The zero-order valence-corrected chi connectivity index (χ0v) is 18.6. The van der Waals surface area contributed by atoms with E-state index in [0.29, 0.717) is 27.5 Å². The highest BCUT2D eigenvalue weighted by Crippen LogP contribution is 2.30. The molecule has 0 fully saturated rings. The van der Waals surface area contributed by atoms with Gasteiger partial charge in [-0.05, 0) is 68.7 Å². The summed E-state index contributed by atoms with van der Waals surface area (Å²) in [5.74, 6) is 0. The lowest BCUT2D eigenvalue weighted by molar-refractivity contribution is 0.600. The molecular formula is C22H21ClN4O2S. The van der Waals surface area contributed by atoms with E-state index in [2.05, 4.69) is 14.8 Å². The largest absolute Gasteiger partial charge is 0.279 e. The van der Waals surface area contributed by atoms with Crippen molar-refractivity contribution in [3.63, 3.8) is 0 Å². The Bertz CT molecular complexity index is 1390. The molecule has 6 nitrogen and oxygen atoms in total. The van der Waals surface area contributed by atoms with E-state index < -0.39 is 10.0 Å². The van der Waals surface area contributed by atoms with E-state index >= 15 is 0 Å². The molecule has 0 aliphatic heterocycles. The number of halogens is 1. The van der Waals surface area contributed by atoms with Gasteiger partial charge in [-0.3, -0.25) is 4.72 Å². The Balaban J connectivity index is 1.82. The van der Waals surface area contributed by atoms with Gasteiger partial charge in [0.05, 0.1) is 16.8 Å². The molecule has 0 amide bonds. The molecule has 0 unspecified atom stereocenters. The number of anilines is 1. The maximum Gasteiger partial charge on any atom is 0.262 e. The fraction of sp³-hybridized carbons (Fsp3) is 0.182. The summed E-state index contributed by atoms with van der Waals surface area (Å²) >= 11 is 6.14. The van der Waals surface area contributed by atoms with Crippen LogP contribution in [0.25, 0.3) is 16.8 Å². The first-order valence-corrected chi connectivity index (χ1v) is 11.2. The second-order valence-corrected chi connectivity index (χ2v) is 9.39. The molecule has 8 heteroatoms. The summed E-state index contributed by atoms with van der Waals surface area (Å²) in [4.78, 5) is 4.79. The van der Waals surface area contributed by atoms with Gasteiger partial charge in [-0.2, -0.15) is 5.10 Å². The van der Waals surface area contributed by atoms with Crippen molar-refractivity contribution in [2.45, 2.75) is 32.6 Å². The molecule has 1 N–H and O–H groups in total. The Morgan fingerprint density at radius 3 is 2.57 bits per heavy atom. The number of benzene rings is 2. The topological polar surface area (TPSA) is 76.4 Å². The zero-order chi connectivity index (χ0) is 21.6. The number of hydrogen-bond donors (Lipinski definition) is 1. The van der Waals surface area contributed by atoms with Gasteiger partial charge in [-0.15, -0.1) is 0 Å². The third kappa shape index (κ3) is 3.55. The Morgan fingerprint density at radius 1 is 1.03 bits per heavy atom. The molecule has 0 radical (unpaired) electrons. The summed E-state index contributed by atoms with van der Waals surface area (Å²) in [6, 6.07) is 12.4. The molecule has 154 valence electrons. The van der Waals surface area contributed by atoms with Crippen molar-refractivity contribution in [2.24, 2.45) is 0 Å². The van der Waals surface area contributed by atoms with Crippen molar-refractivity contribution < 1.29 is 8.42 Å². The van der Waals surface area contributed by atoms with E-state index in [4.69, 9.17) is 11.6 Å². The average Bonchev–Trinajstić information content (AvgIpc) is 3.10. The number of aryl methyl sites for hydroxylation is 3. The van der Waals surface area contributed by atoms with Gasteiger partial charge >= 0.3 is 0 Å². The predicted octanol–water partition coefficient (Wildman–Crippen LogP) is 5.08. The van der Waals surface area contributed by atoms with E-state index in [9.17, 15) is 8.42 Å². The number of fused-ring (bicyclic) bond motifs is 1. The third-order valence-corrected chi connectivity index (χ3v) is 7.00. The van der Waals surface area contributed by atoms with Crippen LogP contribution in [0.2, 0.25) is 5.02 Å². The minimum absolute atomic E-state index is 0.197. The summed E-state index contributed by atoms with van der Waals surface area (Å²) < 4.78 is 30.8. The van der Waals surface area contributed by atoms with E-state index in [-0.39, 0.29) is 4.90 Å². The van der Waals surface area contributed by atoms with Crippen LogP contribution in [0, 0.1) is 27.7 Å². The highest BCUT2D eigenvalue weighted by atomic mass is 35.5. The maximum absolute atomic E-state index is 13.2. The van der Waals surface area contributed by atoms with Gasteiger partial charge < -0.3 is 0 Å². The number of sulfonamides is 1. The molecular weight excluding hydrogens is 420 g/mol. The monoisotopic (exact) mass is 440 g/mol. The van der Waals surface area contributed by atoms with Gasteiger partial charge in [0.2, 0.25) is 0 Å². The van der Waals surface area contributed by atoms with Gasteiger partial charge in [-0.1, -0.05) is 29.8 Å². The van der Waals surface area contributed by atoms with Crippen molar-refractivity contribution in [1.29, 1.82) is 0 Å². The molecule has 4 rings (SSSR count). The number of rotatable bonds is 4. The van der Waals surface area contributed by atoms with Crippen LogP contribution in [0.5, 0.6) is 0 Å². The van der Waals surface area contributed by atoms with E-state index in [1.807, 2.05) is 26.0 Å². The number of aromatic nitrogens is 3. The van der Waals surface area contributed by atoms with Crippen molar-refractivity contribution in [2.75, 3.05) is 4.72 Å². The smallest absolute Gasteiger partial charge is 0.262 e. The van der Waals surface area contributed by atoms with Crippen LogP contribution in [-0.2, 0) is 10.0 Å². The minimum Gasteiger partial charge on any atom is -0.279 e. The van der Waals surface area contributed by atoms with Crippen LogP contribution in [-0.4, -0.2) is 23.0 Å². The van der Waals surface area contributed by atoms with Crippen LogP contribution in [0.15, 0.2) is 53.6 Å². The molecule has 2 aromatic carbocycles. The standard InChI is InChI=1S/C22H21ClN4O2S/c1-13-8-9-17(18-12-24-27-15(3)10-14(2)25-22(18)27)11-21(13)30(28,29)26-20-7-5-6-19(23)16(20)4/h5-12,26H,1-4H3.